The van der Waals surface area contributed by atoms with Gasteiger partial charge in [-0.15, -0.1) is 10.2 Å². The molecule has 1 aromatic rings. The largest absolute Gasteiger partial charge is 0.374 e. The molecule has 0 aromatic carbocycles. The average Bonchev–Trinajstić information content (AvgIpc) is 2.76. The van der Waals surface area contributed by atoms with E-state index in [1.807, 2.05) is 7.05 Å². The predicted octanol–water partition coefficient (Wildman–Crippen LogP) is -0.117. The van der Waals surface area contributed by atoms with Crippen molar-refractivity contribution in [1.82, 2.24) is 19.8 Å². The van der Waals surface area contributed by atoms with Crippen LogP contribution in [0.15, 0.2) is 4.34 Å². The molecule has 0 spiro atoms. The van der Waals surface area contributed by atoms with Crippen LogP contribution in [0, 0.1) is 0 Å². The molecular weight excluding hydrogens is 274 g/mol. The molecule has 9 heteroatoms. The summed E-state index contributed by atoms with van der Waals surface area (Å²) in [4.78, 5) is 2.18. The minimum absolute atomic E-state index is 0.0709. The fraction of sp³-hybridized carbons (Fsp3) is 0.778. The molecule has 0 aliphatic carbocycles. The standard InChI is InChI=1S/C9H17N5O2S2/c1-14-5-3-2-4-7(14)6-11-18(15,16)9-13-12-8(10)17-9/h7,11H,2-6H2,1H3,(H2,10,12). The molecule has 0 radical (unpaired) electrons. The van der Waals surface area contributed by atoms with Crippen molar-refractivity contribution < 1.29 is 8.42 Å². The summed E-state index contributed by atoms with van der Waals surface area (Å²) in [6.45, 7) is 1.41. The number of likely N-dealkylation sites (N-methyl/N-ethyl adjacent to an activating group) is 1. The number of nitrogen functional groups attached to an aromatic ring is 1. The highest BCUT2D eigenvalue weighted by molar-refractivity contribution is 7.91. The summed E-state index contributed by atoms with van der Waals surface area (Å²) in [7, 11) is -1.56. The maximum Gasteiger partial charge on any atom is 0.269 e. The van der Waals surface area contributed by atoms with Crippen molar-refractivity contribution in [3.05, 3.63) is 0 Å². The summed E-state index contributed by atoms with van der Waals surface area (Å²) >= 11 is 0.874. The lowest BCUT2D eigenvalue weighted by molar-refractivity contribution is 0.187. The third kappa shape index (κ3) is 3.16. The average molecular weight is 291 g/mol. The number of rotatable bonds is 4. The number of anilines is 1. The van der Waals surface area contributed by atoms with Gasteiger partial charge in [0.15, 0.2) is 0 Å². The molecule has 102 valence electrons. The van der Waals surface area contributed by atoms with E-state index < -0.39 is 10.0 Å². The van der Waals surface area contributed by atoms with Gasteiger partial charge in [0.25, 0.3) is 10.0 Å². The number of likely N-dealkylation sites (tertiary alicyclic amines) is 1. The molecule has 1 atom stereocenters. The van der Waals surface area contributed by atoms with Crippen molar-refractivity contribution >= 4 is 26.5 Å². The number of hydrogen-bond donors (Lipinski definition) is 2. The third-order valence-electron chi connectivity index (χ3n) is 3.08. The van der Waals surface area contributed by atoms with E-state index in [0.29, 0.717) is 6.54 Å². The van der Waals surface area contributed by atoms with E-state index in [2.05, 4.69) is 19.8 Å². The van der Waals surface area contributed by atoms with Crippen LogP contribution in [0.2, 0.25) is 0 Å². The first kappa shape index (κ1) is 13.7. The number of sulfonamides is 1. The zero-order valence-electron chi connectivity index (χ0n) is 10.2. The molecule has 1 fully saturated rings. The Bertz CT molecular complexity index is 501. The van der Waals surface area contributed by atoms with Crippen LogP contribution in [-0.2, 0) is 10.0 Å². The van der Waals surface area contributed by atoms with Crippen LogP contribution >= 0.6 is 11.3 Å². The number of hydrogen-bond acceptors (Lipinski definition) is 7. The van der Waals surface area contributed by atoms with Crippen LogP contribution in [0.25, 0.3) is 0 Å². The van der Waals surface area contributed by atoms with Gasteiger partial charge in [-0.2, -0.15) is 0 Å². The number of nitrogens with one attached hydrogen (secondary N) is 1. The number of nitrogens with zero attached hydrogens (tertiary/aromatic N) is 3. The fourth-order valence-corrected chi connectivity index (χ4v) is 3.90. The number of piperidine rings is 1. The molecule has 2 rings (SSSR count). The zero-order valence-corrected chi connectivity index (χ0v) is 11.8. The Morgan fingerprint density at radius 2 is 2.28 bits per heavy atom. The topological polar surface area (TPSA) is 101 Å². The molecule has 1 aliphatic rings. The van der Waals surface area contributed by atoms with Gasteiger partial charge in [-0.05, 0) is 26.4 Å². The third-order valence-corrected chi connectivity index (χ3v) is 5.63. The van der Waals surface area contributed by atoms with Gasteiger partial charge >= 0.3 is 0 Å². The monoisotopic (exact) mass is 291 g/mol. The first-order valence-electron chi connectivity index (χ1n) is 5.78. The van der Waals surface area contributed by atoms with E-state index in [0.717, 1.165) is 30.7 Å². The highest BCUT2D eigenvalue weighted by Gasteiger charge is 2.24. The van der Waals surface area contributed by atoms with Gasteiger partial charge in [0.2, 0.25) is 9.47 Å². The predicted molar refractivity (Wildman–Crippen MR) is 69.8 cm³/mol. The molecule has 0 amide bonds. The Kier molecular flexibility index (Phi) is 4.15. The summed E-state index contributed by atoms with van der Waals surface area (Å²) < 4.78 is 26.3. The van der Waals surface area contributed by atoms with Crippen LogP contribution in [0.1, 0.15) is 19.3 Å². The second-order valence-corrected chi connectivity index (χ2v) is 7.34. The lowest BCUT2D eigenvalue weighted by atomic mass is 10.0. The number of aromatic nitrogens is 2. The second-order valence-electron chi connectivity index (χ2n) is 4.39. The van der Waals surface area contributed by atoms with Crippen LogP contribution in [-0.4, -0.2) is 49.7 Å². The van der Waals surface area contributed by atoms with E-state index in [-0.39, 0.29) is 15.5 Å². The van der Waals surface area contributed by atoms with Crippen LogP contribution in [0.5, 0.6) is 0 Å². The van der Waals surface area contributed by atoms with Gasteiger partial charge in [0.05, 0.1) is 0 Å². The molecule has 3 N–H and O–H groups in total. The van der Waals surface area contributed by atoms with E-state index in [4.69, 9.17) is 5.73 Å². The SMILES string of the molecule is CN1CCCCC1CNS(=O)(=O)c1nnc(N)s1. The molecule has 1 aliphatic heterocycles. The normalized spacial score (nSPS) is 22.2. The van der Waals surface area contributed by atoms with Gasteiger partial charge < -0.3 is 10.6 Å². The van der Waals surface area contributed by atoms with E-state index in [1.165, 1.54) is 6.42 Å². The van der Waals surface area contributed by atoms with Crippen LogP contribution in [0.3, 0.4) is 0 Å². The Hall–Kier alpha value is -0.770. The van der Waals surface area contributed by atoms with Crippen molar-refractivity contribution in [1.29, 1.82) is 0 Å². The van der Waals surface area contributed by atoms with Gasteiger partial charge in [-0.3, -0.25) is 0 Å². The molecule has 1 unspecified atom stereocenters. The molecular formula is C9H17N5O2S2. The molecule has 2 heterocycles. The maximum atomic E-state index is 11.9. The summed E-state index contributed by atoms with van der Waals surface area (Å²) in [5.74, 6) is 0. The first-order chi connectivity index (χ1) is 8.49. The maximum absolute atomic E-state index is 11.9. The minimum Gasteiger partial charge on any atom is -0.374 e. The van der Waals surface area contributed by atoms with Crippen molar-refractivity contribution in [3.8, 4) is 0 Å². The Morgan fingerprint density at radius 1 is 1.50 bits per heavy atom. The zero-order chi connectivity index (χ0) is 13.2. The van der Waals surface area contributed by atoms with Crippen LogP contribution in [0.4, 0.5) is 5.13 Å². The lowest BCUT2D eigenvalue weighted by Crippen LogP contribution is -2.44. The fourth-order valence-electron chi connectivity index (χ4n) is 2.00. The highest BCUT2D eigenvalue weighted by atomic mass is 32.2. The molecule has 7 nitrogen and oxygen atoms in total. The molecule has 0 bridgehead atoms. The second kappa shape index (κ2) is 5.47. The smallest absolute Gasteiger partial charge is 0.269 e. The summed E-state index contributed by atoms with van der Waals surface area (Å²) in [5, 5.41) is 7.22. The Balaban J connectivity index is 1.96. The van der Waals surface area contributed by atoms with Crippen molar-refractivity contribution in [2.45, 2.75) is 29.6 Å². The Labute approximate surface area is 110 Å². The first-order valence-corrected chi connectivity index (χ1v) is 8.08. The van der Waals surface area contributed by atoms with Crippen LogP contribution < -0.4 is 10.5 Å². The van der Waals surface area contributed by atoms with E-state index in [9.17, 15) is 8.42 Å². The summed E-state index contributed by atoms with van der Waals surface area (Å²) in [6.07, 6.45) is 3.33. The molecule has 1 saturated heterocycles. The van der Waals surface area contributed by atoms with E-state index in [1.54, 1.807) is 0 Å². The summed E-state index contributed by atoms with van der Waals surface area (Å²) in [5.41, 5.74) is 5.38. The molecule has 18 heavy (non-hydrogen) atoms. The van der Waals surface area contributed by atoms with Gasteiger partial charge in [-0.1, -0.05) is 17.8 Å². The van der Waals surface area contributed by atoms with Gasteiger partial charge in [0, 0.05) is 12.6 Å². The Morgan fingerprint density at radius 3 is 2.89 bits per heavy atom. The van der Waals surface area contributed by atoms with Crippen molar-refractivity contribution in [2.24, 2.45) is 0 Å². The van der Waals surface area contributed by atoms with Gasteiger partial charge in [-0.25, -0.2) is 13.1 Å². The van der Waals surface area contributed by atoms with Gasteiger partial charge in [0.1, 0.15) is 0 Å². The minimum atomic E-state index is -3.57. The van der Waals surface area contributed by atoms with Crippen molar-refractivity contribution in [3.63, 3.8) is 0 Å². The summed E-state index contributed by atoms with van der Waals surface area (Å²) in [6, 6.07) is 0.249. The molecule has 0 saturated carbocycles. The number of nitrogens with two attached hydrogens (primary N) is 1. The molecule has 1 aromatic heterocycles. The van der Waals surface area contributed by atoms with E-state index >= 15 is 0 Å². The lowest BCUT2D eigenvalue weighted by Gasteiger charge is -2.32. The van der Waals surface area contributed by atoms with Crippen molar-refractivity contribution in [2.75, 3.05) is 25.9 Å². The quantitative estimate of drug-likeness (QED) is 0.802. The highest BCUT2D eigenvalue weighted by Crippen LogP contribution is 2.18.